The lowest BCUT2D eigenvalue weighted by Crippen LogP contribution is -2.27. The summed E-state index contributed by atoms with van der Waals surface area (Å²) in [5, 5.41) is 21.5. The van der Waals surface area contributed by atoms with Gasteiger partial charge in [0.1, 0.15) is 27.4 Å². The predicted octanol–water partition coefficient (Wildman–Crippen LogP) is 8.47. The fraction of sp³-hybridized carbons (Fsp3) is 0.444. The fourth-order valence-corrected chi connectivity index (χ4v) is 7.82. The number of phenols is 1. The molecule has 7 heteroatoms. The number of aromatic nitrogens is 3. The maximum Gasteiger partial charge on any atom is 0.184 e. The number of fused-ring (bicyclic) bond motifs is 1. The van der Waals surface area contributed by atoms with Gasteiger partial charge in [0.25, 0.3) is 0 Å². The molecule has 4 aromatic rings. The van der Waals surface area contributed by atoms with Gasteiger partial charge in [0, 0.05) is 11.0 Å². The molecule has 0 fully saturated rings. The third-order valence-corrected chi connectivity index (χ3v) is 10.0. The minimum atomic E-state index is -3.69. The largest absolute Gasteiger partial charge is 0.505 e. The van der Waals surface area contributed by atoms with Crippen LogP contribution in [0.15, 0.2) is 72.1 Å². The number of unbranched alkanes of at least 4 members (excludes halogenated alkanes) is 1. The molecule has 0 aliphatic rings. The highest BCUT2D eigenvalue weighted by Gasteiger charge is 2.34. The summed E-state index contributed by atoms with van der Waals surface area (Å²) in [5.41, 5.74) is 4.13. The fourth-order valence-electron chi connectivity index (χ4n) is 6.33. The molecule has 0 amide bonds. The number of sulfone groups is 1. The number of aromatic hydroxyl groups is 1. The molecule has 4 rings (SSSR count). The van der Waals surface area contributed by atoms with Gasteiger partial charge in [-0.2, -0.15) is 0 Å². The molecule has 230 valence electrons. The lowest BCUT2D eigenvalue weighted by Gasteiger charge is -2.35. The summed E-state index contributed by atoms with van der Waals surface area (Å²) >= 11 is 0. The Morgan fingerprint density at radius 1 is 0.930 bits per heavy atom. The summed E-state index contributed by atoms with van der Waals surface area (Å²) in [6, 6.07) is 17.9. The molecule has 0 saturated carbocycles. The first-order valence-electron chi connectivity index (χ1n) is 15.2. The lowest BCUT2D eigenvalue weighted by atomic mass is 9.70. The van der Waals surface area contributed by atoms with Crippen LogP contribution < -0.4 is 0 Å². The van der Waals surface area contributed by atoms with Gasteiger partial charge in [-0.25, -0.2) is 8.42 Å². The zero-order chi connectivity index (χ0) is 31.8. The van der Waals surface area contributed by atoms with Crippen LogP contribution in [-0.2, 0) is 27.1 Å². The zero-order valence-corrected chi connectivity index (χ0v) is 27.8. The number of hydrogen-bond donors (Lipinski definition) is 1. The van der Waals surface area contributed by atoms with Crippen LogP contribution >= 0.6 is 0 Å². The third-order valence-electron chi connectivity index (χ3n) is 8.26. The van der Waals surface area contributed by atoms with Gasteiger partial charge in [-0.1, -0.05) is 110 Å². The molecule has 0 aliphatic heterocycles. The molecule has 1 N–H and O–H groups in total. The van der Waals surface area contributed by atoms with Gasteiger partial charge in [0.05, 0.1) is 5.75 Å². The molecular weight excluding hydrogens is 554 g/mol. The quantitative estimate of drug-likeness (QED) is 0.174. The second-order valence-electron chi connectivity index (χ2n) is 14.1. The van der Waals surface area contributed by atoms with E-state index in [1.165, 1.54) is 10.9 Å². The topological polar surface area (TPSA) is 85.1 Å². The molecule has 6 nitrogen and oxygen atoms in total. The first-order valence-corrected chi connectivity index (χ1v) is 16.8. The molecule has 0 saturated heterocycles. The summed E-state index contributed by atoms with van der Waals surface area (Å²) in [7, 11) is -3.69. The van der Waals surface area contributed by atoms with E-state index in [2.05, 4.69) is 80.2 Å². The Balaban J connectivity index is 2.03. The Hall–Kier alpha value is -3.45. The molecule has 1 aromatic heterocycles. The number of nitrogens with zero attached hydrogens (tertiary/aromatic N) is 3. The highest BCUT2D eigenvalue weighted by atomic mass is 32.2. The molecule has 0 unspecified atom stereocenters. The molecular formula is C36H47N3O3S. The van der Waals surface area contributed by atoms with Crippen LogP contribution in [0.5, 0.6) is 5.75 Å². The summed E-state index contributed by atoms with van der Waals surface area (Å²) in [5.74, 6) is -0.110. The average molecular weight is 602 g/mol. The summed E-state index contributed by atoms with van der Waals surface area (Å²) in [6.07, 6.45) is 4.75. The van der Waals surface area contributed by atoms with Gasteiger partial charge in [-0.15, -0.1) is 21.6 Å². The number of rotatable bonds is 11. The van der Waals surface area contributed by atoms with Crippen molar-refractivity contribution in [3.63, 3.8) is 0 Å². The van der Waals surface area contributed by atoms with Crippen LogP contribution in [0.4, 0.5) is 0 Å². The van der Waals surface area contributed by atoms with E-state index in [0.29, 0.717) is 23.1 Å². The van der Waals surface area contributed by atoms with Crippen LogP contribution in [-0.4, -0.2) is 34.3 Å². The van der Waals surface area contributed by atoms with Gasteiger partial charge in [-0.05, 0) is 58.9 Å². The molecule has 0 aliphatic carbocycles. The number of aryl methyl sites for hydroxylation is 1. The third kappa shape index (κ3) is 6.72. The van der Waals surface area contributed by atoms with E-state index < -0.39 is 15.3 Å². The summed E-state index contributed by atoms with van der Waals surface area (Å²) in [4.78, 5) is 1.62. The van der Waals surface area contributed by atoms with Crippen molar-refractivity contribution >= 4 is 20.9 Å². The zero-order valence-electron chi connectivity index (χ0n) is 27.0. The molecule has 0 radical (unpaired) electrons. The van der Waals surface area contributed by atoms with Crippen molar-refractivity contribution in [3.05, 3.63) is 89.5 Å². The number of phenolic OH excluding ortho intramolecular Hbond substituents is 1. The highest BCUT2D eigenvalue weighted by Crippen LogP contribution is 2.45. The Bertz CT molecular complexity index is 1730. The molecule has 3 aromatic carbocycles. The maximum atomic E-state index is 13.5. The smallest absolute Gasteiger partial charge is 0.184 e. The number of benzene rings is 3. The second kappa shape index (κ2) is 11.9. The molecule has 0 atom stereocenters. The minimum Gasteiger partial charge on any atom is -0.505 e. The van der Waals surface area contributed by atoms with Crippen LogP contribution in [0.25, 0.3) is 16.7 Å². The van der Waals surface area contributed by atoms with Crippen molar-refractivity contribution in [3.8, 4) is 11.4 Å². The van der Waals surface area contributed by atoms with Gasteiger partial charge < -0.3 is 5.11 Å². The van der Waals surface area contributed by atoms with Crippen LogP contribution in [0.3, 0.4) is 0 Å². The first-order chi connectivity index (χ1) is 20.0. The van der Waals surface area contributed by atoms with Gasteiger partial charge in [0.2, 0.25) is 0 Å². The van der Waals surface area contributed by atoms with E-state index in [1.54, 1.807) is 0 Å². The van der Waals surface area contributed by atoms with E-state index in [9.17, 15) is 13.5 Å². The van der Waals surface area contributed by atoms with Crippen LogP contribution in [0, 0.1) is 5.41 Å². The van der Waals surface area contributed by atoms with E-state index in [0.717, 1.165) is 41.5 Å². The minimum absolute atomic E-state index is 0.0680. The van der Waals surface area contributed by atoms with Gasteiger partial charge in [0.15, 0.2) is 9.84 Å². The SMILES string of the molecule is C=CCS(=O)(=O)c1c(CCCC)ccc2nn(-c3cc(C(C)(C)CC(C)(C)C)cc(C(C)(C)c4ccccc4)c3O)nc12. The van der Waals surface area contributed by atoms with Crippen molar-refractivity contribution in [2.45, 2.75) is 96.8 Å². The lowest BCUT2D eigenvalue weighted by molar-refractivity contribution is 0.283. The van der Waals surface area contributed by atoms with Crippen molar-refractivity contribution in [1.82, 2.24) is 15.0 Å². The monoisotopic (exact) mass is 601 g/mol. The molecule has 1 heterocycles. The highest BCUT2D eigenvalue weighted by molar-refractivity contribution is 7.91. The Labute approximate surface area is 257 Å². The Morgan fingerprint density at radius 3 is 2.21 bits per heavy atom. The summed E-state index contributed by atoms with van der Waals surface area (Å²) in [6.45, 7) is 21.1. The molecule has 0 spiro atoms. The van der Waals surface area contributed by atoms with E-state index in [1.807, 2.05) is 36.4 Å². The Morgan fingerprint density at radius 2 is 1.60 bits per heavy atom. The van der Waals surface area contributed by atoms with Gasteiger partial charge >= 0.3 is 0 Å². The van der Waals surface area contributed by atoms with E-state index >= 15 is 0 Å². The summed E-state index contributed by atoms with van der Waals surface area (Å²) < 4.78 is 27.0. The maximum absolute atomic E-state index is 13.5. The van der Waals surface area contributed by atoms with Crippen molar-refractivity contribution < 1.29 is 13.5 Å². The van der Waals surface area contributed by atoms with E-state index in [4.69, 9.17) is 10.2 Å². The van der Waals surface area contributed by atoms with Crippen molar-refractivity contribution in [2.24, 2.45) is 5.41 Å². The molecule has 43 heavy (non-hydrogen) atoms. The van der Waals surface area contributed by atoms with E-state index in [-0.39, 0.29) is 27.2 Å². The van der Waals surface area contributed by atoms with Gasteiger partial charge in [-0.3, -0.25) is 0 Å². The normalized spacial score (nSPS) is 13.0. The first kappa shape index (κ1) is 32.5. The van der Waals surface area contributed by atoms with Crippen LogP contribution in [0.1, 0.15) is 96.9 Å². The van der Waals surface area contributed by atoms with Crippen LogP contribution in [0.2, 0.25) is 0 Å². The van der Waals surface area contributed by atoms with Crippen molar-refractivity contribution in [1.29, 1.82) is 0 Å². The molecule has 0 bridgehead atoms. The second-order valence-corrected chi connectivity index (χ2v) is 16.1. The Kier molecular flexibility index (Phi) is 8.99. The predicted molar refractivity (Wildman–Crippen MR) is 177 cm³/mol. The standard InChI is InChI=1S/C36H47N3O3S/c1-10-12-16-25-19-20-29-31(33(25)43(41,42)21-11-2)38-39(37-29)30-23-27(35(6,7)24-34(3,4)5)22-28(32(30)40)36(8,9)26-17-14-13-15-18-26/h11,13-15,17-20,22-23,40H,2,10,12,16,21,24H2,1,3-9H3. The van der Waals surface area contributed by atoms with Crippen molar-refractivity contribution in [2.75, 3.05) is 5.75 Å². The average Bonchev–Trinajstić information content (AvgIpc) is 3.34. The number of hydrogen-bond acceptors (Lipinski definition) is 5.